The van der Waals surface area contributed by atoms with Crippen molar-refractivity contribution < 1.29 is 19.7 Å². The van der Waals surface area contributed by atoms with Crippen molar-refractivity contribution in [1.29, 1.82) is 0 Å². The summed E-state index contributed by atoms with van der Waals surface area (Å²) >= 11 is 0. The largest absolute Gasteiger partial charge is 0.450 e. The highest BCUT2D eigenvalue weighted by molar-refractivity contribution is 5.83. The lowest BCUT2D eigenvalue weighted by molar-refractivity contribution is 0.0787. The average Bonchev–Trinajstić information content (AvgIpc) is 2.72. The standard InChI is InChI=1S/C17H20N2O4/c1-2-23-17(22)19-8-7-12-13(10-20)11-5-3-4-6-14(11)18-16(12)15(21)9-19/h3-6,15,20-21H,2,7-10H2,1H3. The van der Waals surface area contributed by atoms with E-state index in [1.54, 1.807) is 6.92 Å². The van der Waals surface area contributed by atoms with Gasteiger partial charge in [0.2, 0.25) is 0 Å². The quantitative estimate of drug-likeness (QED) is 0.882. The first-order valence-corrected chi connectivity index (χ1v) is 7.76. The van der Waals surface area contributed by atoms with Gasteiger partial charge >= 0.3 is 6.09 Å². The van der Waals surface area contributed by atoms with Crippen LogP contribution in [-0.2, 0) is 17.8 Å². The molecule has 0 fully saturated rings. The molecular formula is C17H20N2O4. The second-order valence-electron chi connectivity index (χ2n) is 5.54. The van der Waals surface area contributed by atoms with Gasteiger partial charge in [0.15, 0.2) is 0 Å². The van der Waals surface area contributed by atoms with E-state index in [-0.39, 0.29) is 13.2 Å². The molecule has 0 saturated carbocycles. The molecule has 0 radical (unpaired) electrons. The number of hydrogen-bond donors (Lipinski definition) is 2. The Morgan fingerprint density at radius 2 is 2.22 bits per heavy atom. The third kappa shape index (κ3) is 2.87. The van der Waals surface area contributed by atoms with E-state index < -0.39 is 12.2 Å². The number of aliphatic hydroxyl groups excluding tert-OH is 2. The first-order valence-electron chi connectivity index (χ1n) is 7.76. The fourth-order valence-corrected chi connectivity index (χ4v) is 3.09. The summed E-state index contributed by atoms with van der Waals surface area (Å²) in [6.45, 7) is 2.48. The number of ether oxygens (including phenoxy) is 1. The highest BCUT2D eigenvalue weighted by Gasteiger charge is 2.28. The van der Waals surface area contributed by atoms with E-state index in [0.29, 0.717) is 25.3 Å². The van der Waals surface area contributed by atoms with E-state index in [2.05, 4.69) is 4.98 Å². The Morgan fingerprint density at radius 3 is 2.96 bits per heavy atom. The summed E-state index contributed by atoms with van der Waals surface area (Å²) in [6.07, 6.45) is -0.805. The number of amides is 1. The summed E-state index contributed by atoms with van der Waals surface area (Å²) in [4.78, 5) is 18.0. The van der Waals surface area contributed by atoms with Crippen LogP contribution >= 0.6 is 0 Å². The zero-order valence-electron chi connectivity index (χ0n) is 13.0. The molecule has 3 rings (SSSR count). The minimum absolute atomic E-state index is 0.127. The number of rotatable bonds is 2. The van der Waals surface area contributed by atoms with Gasteiger partial charge < -0.3 is 19.8 Å². The van der Waals surface area contributed by atoms with Gasteiger partial charge in [0.05, 0.1) is 31.0 Å². The summed E-state index contributed by atoms with van der Waals surface area (Å²) in [6, 6.07) is 7.54. The maximum Gasteiger partial charge on any atom is 0.409 e. The maximum absolute atomic E-state index is 12.0. The van der Waals surface area contributed by atoms with E-state index in [4.69, 9.17) is 4.74 Å². The number of hydrogen-bond acceptors (Lipinski definition) is 5. The number of para-hydroxylation sites is 1. The zero-order chi connectivity index (χ0) is 16.4. The lowest BCUT2D eigenvalue weighted by Crippen LogP contribution is -2.35. The molecular weight excluding hydrogens is 296 g/mol. The lowest BCUT2D eigenvalue weighted by atomic mass is 9.97. The average molecular weight is 316 g/mol. The molecule has 0 saturated heterocycles. The van der Waals surface area contributed by atoms with Gasteiger partial charge in [-0.1, -0.05) is 18.2 Å². The second kappa shape index (κ2) is 6.52. The fourth-order valence-electron chi connectivity index (χ4n) is 3.09. The van der Waals surface area contributed by atoms with Crippen molar-refractivity contribution in [2.75, 3.05) is 19.7 Å². The predicted molar refractivity (Wildman–Crippen MR) is 84.9 cm³/mol. The Morgan fingerprint density at radius 1 is 1.43 bits per heavy atom. The van der Waals surface area contributed by atoms with Crippen LogP contribution in [0.3, 0.4) is 0 Å². The Kier molecular flexibility index (Phi) is 4.45. The van der Waals surface area contributed by atoms with Gasteiger partial charge in [-0.05, 0) is 30.5 Å². The minimum Gasteiger partial charge on any atom is -0.450 e. The zero-order valence-corrected chi connectivity index (χ0v) is 13.0. The molecule has 2 heterocycles. The van der Waals surface area contributed by atoms with E-state index >= 15 is 0 Å². The van der Waals surface area contributed by atoms with Crippen LogP contribution in [-0.4, -0.2) is 45.9 Å². The van der Waals surface area contributed by atoms with Crippen LogP contribution in [0.1, 0.15) is 29.8 Å². The van der Waals surface area contributed by atoms with E-state index in [1.165, 1.54) is 4.90 Å². The molecule has 0 spiro atoms. The van der Waals surface area contributed by atoms with Crippen LogP contribution in [0.4, 0.5) is 4.79 Å². The van der Waals surface area contributed by atoms with Gasteiger partial charge in [-0.15, -0.1) is 0 Å². The normalized spacial score (nSPS) is 17.7. The highest BCUT2D eigenvalue weighted by Crippen LogP contribution is 2.30. The van der Waals surface area contributed by atoms with E-state index in [0.717, 1.165) is 22.0 Å². The van der Waals surface area contributed by atoms with Gasteiger partial charge in [-0.2, -0.15) is 0 Å². The van der Waals surface area contributed by atoms with Crippen molar-refractivity contribution in [2.24, 2.45) is 0 Å². The minimum atomic E-state index is -0.896. The summed E-state index contributed by atoms with van der Waals surface area (Å²) in [5, 5.41) is 21.2. The highest BCUT2D eigenvalue weighted by atomic mass is 16.6. The van der Waals surface area contributed by atoms with Crippen molar-refractivity contribution in [1.82, 2.24) is 9.88 Å². The first-order chi connectivity index (χ1) is 11.2. The lowest BCUT2D eigenvalue weighted by Gasteiger charge is -2.21. The molecule has 122 valence electrons. The number of carbonyl (C=O) groups excluding carboxylic acids is 1. The van der Waals surface area contributed by atoms with E-state index in [9.17, 15) is 15.0 Å². The van der Waals surface area contributed by atoms with Crippen LogP contribution in [0.15, 0.2) is 24.3 Å². The molecule has 0 bridgehead atoms. The molecule has 1 amide bonds. The Hall–Kier alpha value is -2.18. The molecule has 2 aromatic rings. The summed E-state index contributed by atoms with van der Waals surface area (Å²) in [5.41, 5.74) is 2.87. The smallest absolute Gasteiger partial charge is 0.409 e. The van der Waals surface area contributed by atoms with Crippen molar-refractivity contribution in [2.45, 2.75) is 26.1 Å². The maximum atomic E-state index is 12.0. The molecule has 1 atom stereocenters. The monoisotopic (exact) mass is 316 g/mol. The Labute approximate surface area is 134 Å². The number of aromatic nitrogens is 1. The molecule has 6 heteroatoms. The number of carbonyl (C=O) groups is 1. The third-order valence-corrected chi connectivity index (χ3v) is 4.17. The van der Waals surface area contributed by atoms with Crippen molar-refractivity contribution in [3.8, 4) is 0 Å². The third-order valence-electron chi connectivity index (χ3n) is 4.17. The van der Waals surface area contributed by atoms with Crippen molar-refractivity contribution >= 4 is 17.0 Å². The van der Waals surface area contributed by atoms with Crippen molar-refractivity contribution in [3.63, 3.8) is 0 Å². The van der Waals surface area contributed by atoms with Crippen molar-refractivity contribution in [3.05, 3.63) is 41.1 Å². The summed E-state index contributed by atoms with van der Waals surface area (Å²) < 4.78 is 5.02. The van der Waals surface area contributed by atoms with Gasteiger partial charge in [-0.3, -0.25) is 0 Å². The molecule has 23 heavy (non-hydrogen) atoms. The van der Waals surface area contributed by atoms with Crippen LogP contribution in [0.5, 0.6) is 0 Å². The molecule has 6 nitrogen and oxygen atoms in total. The van der Waals surface area contributed by atoms with Crippen LogP contribution < -0.4 is 0 Å². The Balaban J connectivity index is 2.05. The number of pyridine rings is 1. The van der Waals surface area contributed by atoms with Crippen LogP contribution in [0.2, 0.25) is 0 Å². The number of aliphatic hydroxyl groups is 2. The first kappa shape index (κ1) is 15.7. The Bertz CT molecular complexity index is 732. The topological polar surface area (TPSA) is 82.9 Å². The molecule has 2 N–H and O–H groups in total. The number of benzene rings is 1. The van der Waals surface area contributed by atoms with Gasteiger partial charge in [0, 0.05) is 11.9 Å². The van der Waals surface area contributed by atoms with Gasteiger partial charge in [0.25, 0.3) is 0 Å². The fraction of sp³-hybridized carbons (Fsp3) is 0.412. The van der Waals surface area contributed by atoms with Gasteiger partial charge in [0.1, 0.15) is 6.10 Å². The SMILES string of the molecule is CCOC(=O)N1CCc2c(nc3ccccc3c2CO)C(O)C1. The molecule has 1 aromatic carbocycles. The number of β-amino-alcohol motifs (C(OH)–C–C–N with tert-alkyl or cyclic N) is 1. The predicted octanol–water partition coefficient (Wildman–Crippen LogP) is 1.78. The van der Waals surface area contributed by atoms with Crippen LogP contribution in [0, 0.1) is 0 Å². The molecule has 0 aliphatic carbocycles. The summed E-state index contributed by atoms with van der Waals surface area (Å²) in [7, 11) is 0. The molecule has 1 aliphatic heterocycles. The summed E-state index contributed by atoms with van der Waals surface area (Å²) in [5.74, 6) is 0. The van der Waals surface area contributed by atoms with Gasteiger partial charge in [-0.25, -0.2) is 9.78 Å². The van der Waals surface area contributed by atoms with E-state index in [1.807, 2.05) is 24.3 Å². The number of fused-ring (bicyclic) bond motifs is 2. The number of nitrogens with zero attached hydrogens (tertiary/aromatic N) is 2. The molecule has 1 aromatic heterocycles. The van der Waals surface area contributed by atoms with Crippen LogP contribution in [0.25, 0.3) is 10.9 Å². The molecule has 1 aliphatic rings. The second-order valence-corrected chi connectivity index (χ2v) is 5.54. The molecule has 1 unspecified atom stereocenters.